The first-order valence-electron chi connectivity index (χ1n) is 11.8. The van der Waals surface area contributed by atoms with Gasteiger partial charge in [-0.2, -0.15) is 0 Å². The van der Waals surface area contributed by atoms with Gasteiger partial charge in [-0.1, -0.05) is 12.1 Å². The number of methoxy groups -OCH3 is 2. The third kappa shape index (κ3) is 4.35. The fourth-order valence-electron chi connectivity index (χ4n) is 4.51. The monoisotopic (exact) mass is 480 g/mol. The maximum absolute atomic E-state index is 13.9. The molecule has 1 aliphatic carbocycles. The lowest BCUT2D eigenvalue weighted by molar-refractivity contribution is 0.0361. The summed E-state index contributed by atoms with van der Waals surface area (Å²) >= 11 is 0. The van der Waals surface area contributed by atoms with Gasteiger partial charge in [0.05, 0.1) is 44.1 Å². The maximum Gasteiger partial charge on any atom is 0.338 e. The molecule has 2 fully saturated rings. The van der Waals surface area contributed by atoms with Gasteiger partial charge in [0.25, 0.3) is 5.56 Å². The summed E-state index contributed by atoms with van der Waals surface area (Å²) in [5.41, 5.74) is 0.286. The van der Waals surface area contributed by atoms with Crippen molar-refractivity contribution in [2.75, 3.05) is 47.1 Å². The molecule has 0 N–H and O–H groups in total. The normalized spacial score (nSPS) is 16.4. The lowest BCUT2D eigenvalue weighted by atomic mass is 10.1. The van der Waals surface area contributed by atoms with Gasteiger partial charge < -0.3 is 14.2 Å². The number of para-hydroxylation sites is 2. The first-order valence-corrected chi connectivity index (χ1v) is 11.8. The molecule has 0 bridgehead atoms. The SMILES string of the molecule is COC(=O)c1cc(C2CC2)nc2c1c(=O)n(CCN1CCOCC1)c(=O)n2-c1ccccc1OC. The van der Waals surface area contributed by atoms with Gasteiger partial charge in [-0.05, 0) is 31.0 Å². The molecule has 0 atom stereocenters. The second-order valence-electron chi connectivity index (χ2n) is 8.76. The molecule has 5 rings (SSSR count). The molecular weight excluding hydrogens is 452 g/mol. The van der Waals surface area contributed by atoms with E-state index in [-0.39, 0.29) is 29.1 Å². The number of carbonyl (C=O) groups is 1. The molecule has 1 aliphatic heterocycles. The number of ether oxygens (including phenoxy) is 3. The van der Waals surface area contributed by atoms with E-state index in [9.17, 15) is 14.4 Å². The highest BCUT2D eigenvalue weighted by atomic mass is 16.5. The van der Waals surface area contributed by atoms with E-state index in [1.165, 1.54) is 23.4 Å². The molecule has 0 amide bonds. The zero-order chi connectivity index (χ0) is 24.5. The third-order valence-electron chi connectivity index (χ3n) is 6.58. The van der Waals surface area contributed by atoms with Gasteiger partial charge in [0.2, 0.25) is 0 Å². The van der Waals surface area contributed by atoms with Gasteiger partial charge in [-0.15, -0.1) is 0 Å². The quantitative estimate of drug-likeness (QED) is 0.469. The molecule has 10 nitrogen and oxygen atoms in total. The second-order valence-corrected chi connectivity index (χ2v) is 8.76. The van der Waals surface area contributed by atoms with Crippen LogP contribution < -0.4 is 16.0 Å². The Labute approximate surface area is 201 Å². The van der Waals surface area contributed by atoms with Crippen molar-refractivity contribution in [3.8, 4) is 11.4 Å². The molecular formula is C25H28N4O6. The van der Waals surface area contributed by atoms with Crippen LogP contribution in [0.4, 0.5) is 0 Å². The zero-order valence-corrected chi connectivity index (χ0v) is 19.9. The van der Waals surface area contributed by atoms with Crippen molar-refractivity contribution in [3.05, 3.63) is 62.4 Å². The third-order valence-corrected chi connectivity index (χ3v) is 6.58. The number of nitrogens with zero attached hydrogens (tertiary/aromatic N) is 4. The average Bonchev–Trinajstić information content (AvgIpc) is 3.74. The first-order chi connectivity index (χ1) is 17.0. The van der Waals surface area contributed by atoms with Crippen LogP contribution in [0.15, 0.2) is 39.9 Å². The van der Waals surface area contributed by atoms with Gasteiger partial charge in [-0.3, -0.25) is 14.3 Å². The Kier molecular flexibility index (Phi) is 6.40. The summed E-state index contributed by atoms with van der Waals surface area (Å²) in [4.78, 5) is 47.3. The van der Waals surface area contributed by atoms with Crippen LogP contribution in [0.2, 0.25) is 0 Å². The zero-order valence-electron chi connectivity index (χ0n) is 19.9. The lowest BCUT2D eigenvalue weighted by Crippen LogP contribution is -2.45. The Hall–Kier alpha value is -3.50. The number of esters is 1. The largest absolute Gasteiger partial charge is 0.495 e. The summed E-state index contributed by atoms with van der Waals surface area (Å²) in [6.07, 6.45) is 1.88. The molecule has 184 valence electrons. The fourth-order valence-corrected chi connectivity index (χ4v) is 4.51. The second kappa shape index (κ2) is 9.63. The highest BCUT2D eigenvalue weighted by Gasteiger charge is 2.30. The molecule has 1 aromatic carbocycles. The number of fused-ring (bicyclic) bond motifs is 1. The first kappa shape index (κ1) is 23.3. The molecule has 3 heterocycles. The smallest absolute Gasteiger partial charge is 0.338 e. The van der Waals surface area contributed by atoms with Crippen LogP contribution in [0.3, 0.4) is 0 Å². The van der Waals surface area contributed by atoms with Crippen LogP contribution >= 0.6 is 0 Å². The minimum Gasteiger partial charge on any atom is -0.495 e. The Bertz CT molecular complexity index is 1390. The molecule has 0 unspecified atom stereocenters. The van der Waals surface area contributed by atoms with Crippen LogP contribution in [0.1, 0.15) is 34.8 Å². The number of carbonyl (C=O) groups excluding carboxylic acids is 1. The van der Waals surface area contributed by atoms with Gasteiger partial charge >= 0.3 is 11.7 Å². The predicted molar refractivity (Wildman–Crippen MR) is 129 cm³/mol. The summed E-state index contributed by atoms with van der Waals surface area (Å²) in [6, 6.07) is 8.69. The standard InChI is InChI=1S/C25H28N4O6/c1-33-20-6-4-3-5-19(20)29-22-21(17(24(31)34-2)15-18(26-22)16-7-8-16)23(30)28(25(29)32)10-9-27-11-13-35-14-12-27/h3-6,15-16H,7-14H2,1-2H3. The summed E-state index contributed by atoms with van der Waals surface area (Å²) in [5, 5.41) is 0.0636. The number of hydrogen-bond acceptors (Lipinski definition) is 8. The Balaban J connectivity index is 1.79. The summed E-state index contributed by atoms with van der Waals surface area (Å²) < 4.78 is 18.5. The molecule has 0 spiro atoms. The van der Waals surface area contributed by atoms with Crippen molar-refractivity contribution in [2.45, 2.75) is 25.3 Å². The molecule has 3 aromatic rings. The minimum atomic E-state index is -0.638. The van der Waals surface area contributed by atoms with Crippen LogP contribution in [0.5, 0.6) is 5.75 Å². The van der Waals surface area contributed by atoms with E-state index >= 15 is 0 Å². The predicted octanol–water partition coefficient (Wildman–Crippen LogP) is 1.55. The van der Waals surface area contributed by atoms with Crippen molar-refractivity contribution in [2.24, 2.45) is 0 Å². The van der Waals surface area contributed by atoms with Gasteiger partial charge in [-0.25, -0.2) is 19.1 Å². The number of rotatable bonds is 7. The molecule has 35 heavy (non-hydrogen) atoms. The van der Waals surface area contributed by atoms with E-state index in [0.29, 0.717) is 36.9 Å². The molecule has 0 radical (unpaired) electrons. The minimum absolute atomic E-state index is 0.0636. The Morgan fingerprint density at radius 1 is 1.11 bits per heavy atom. The molecule has 2 aliphatic rings. The molecule has 1 saturated carbocycles. The van der Waals surface area contributed by atoms with E-state index in [1.807, 2.05) is 0 Å². The summed E-state index contributed by atoms with van der Waals surface area (Å²) in [6.45, 7) is 3.33. The van der Waals surface area contributed by atoms with E-state index in [1.54, 1.807) is 30.3 Å². The van der Waals surface area contributed by atoms with Crippen LogP contribution in [-0.4, -0.2) is 72.1 Å². The number of aromatic nitrogens is 3. The number of benzene rings is 1. The van der Waals surface area contributed by atoms with Crippen LogP contribution in [-0.2, 0) is 16.0 Å². The number of hydrogen-bond donors (Lipinski definition) is 0. The molecule has 1 saturated heterocycles. The topological polar surface area (TPSA) is 105 Å². The van der Waals surface area contributed by atoms with E-state index < -0.39 is 17.2 Å². The lowest BCUT2D eigenvalue weighted by Gasteiger charge is -2.26. The van der Waals surface area contributed by atoms with Crippen LogP contribution in [0.25, 0.3) is 16.7 Å². The highest BCUT2D eigenvalue weighted by Crippen LogP contribution is 2.40. The summed E-state index contributed by atoms with van der Waals surface area (Å²) in [5.74, 6) is 0.00153. The van der Waals surface area contributed by atoms with Gasteiger partial charge in [0.1, 0.15) is 5.75 Å². The highest BCUT2D eigenvalue weighted by molar-refractivity contribution is 6.02. The number of pyridine rings is 1. The van der Waals surface area contributed by atoms with Crippen molar-refractivity contribution in [1.82, 2.24) is 19.0 Å². The summed E-state index contributed by atoms with van der Waals surface area (Å²) in [7, 11) is 2.79. The van der Waals surface area contributed by atoms with Crippen molar-refractivity contribution >= 4 is 17.0 Å². The fraction of sp³-hybridized carbons (Fsp3) is 0.440. The molecule has 2 aromatic heterocycles. The van der Waals surface area contributed by atoms with E-state index in [4.69, 9.17) is 19.2 Å². The van der Waals surface area contributed by atoms with Crippen molar-refractivity contribution < 1.29 is 19.0 Å². The maximum atomic E-state index is 13.9. The van der Waals surface area contributed by atoms with E-state index in [2.05, 4.69) is 4.90 Å². The van der Waals surface area contributed by atoms with E-state index in [0.717, 1.165) is 25.9 Å². The van der Waals surface area contributed by atoms with Crippen molar-refractivity contribution in [1.29, 1.82) is 0 Å². The van der Waals surface area contributed by atoms with Crippen molar-refractivity contribution in [3.63, 3.8) is 0 Å². The Morgan fingerprint density at radius 3 is 2.54 bits per heavy atom. The van der Waals surface area contributed by atoms with Crippen LogP contribution in [0, 0.1) is 0 Å². The molecule has 10 heteroatoms. The Morgan fingerprint density at radius 2 is 1.86 bits per heavy atom. The number of morpholine rings is 1. The average molecular weight is 481 g/mol. The van der Waals surface area contributed by atoms with Gasteiger partial charge in [0.15, 0.2) is 5.65 Å². The van der Waals surface area contributed by atoms with Gasteiger partial charge in [0, 0.05) is 37.8 Å².